The molecule has 1 saturated heterocycles. The number of nitrogens with one attached hydrogen (secondary N) is 1. The molecule has 2 N–H and O–H groups in total. The molecule has 0 aromatic rings. The lowest BCUT2D eigenvalue weighted by Crippen LogP contribution is -2.48. The maximum absolute atomic E-state index is 11.9. The van der Waals surface area contributed by atoms with E-state index in [-0.39, 0.29) is 17.7 Å². The SMILES string of the molecule is CCC(=O)N1CCC[C@@H](C(=O)N[C@@H](C)C(=O)O)C1. The van der Waals surface area contributed by atoms with Crippen molar-refractivity contribution in [2.24, 2.45) is 5.92 Å². The van der Waals surface area contributed by atoms with Crippen molar-refractivity contribution in [1.82, 2.24) is 10.2 Å². The second kappa shape index (κ2) is 6.37. The summed E-state index contributed by atoms with van der Waals surface area (Å²) in [6.45, 7) is 4.30. The van der Waals surface area contributed by atoms with Crippen LogP contribution in [0.15, 0.2) is 0 Å². The van der Waals surface area contributed by atoms with Gasteiger partial charge in [-0.2, -0.15) is 0 Å². The summed E-state index contributed by atoms with van der Waals surface area (Å²) in [6.07, 6.45) is 1.91. The summed E-state index contributed by atoms with van der Waals surface area (Å²) in [5.41, 5.74) is 0. The van der Waals surface area contributed by atoms with Gasteiger partial charge in [-0.1, -0.05) is 6.92 Å². The summed E-state index contributed by atoms with van der Waals surface area (Å²) in [4.78, 5) is 35.8. The van der Waals surface area contributed by atoms with Gasteiger partial charge < -0.3 is 15.3 Å². The first-order chi connectivity index (χ1) is 8.45. The highest BCUT2D eigenvalue weighted by atomic mass is 16.4. The highest BCUT2D eigenvalue weighted by Gasteiger charge is 2.29. The number of carboxylic acid groups (broad SMARTS) is 1. The average Bonchev–Trinajstić information content (AvgIpc) is 2.37. The molecular weight excluding hydrogens is 236 g/mol. The first kappa shape index (κ1) is 14.5. The molecule has 0 spiro atoms. The lowest BCUT2D eigenvalue weighted by molar-refractivity contribution is -0.143. The number of amides is 2. The van der Waals surface area contributed by atoms with Gasteiger partial charge >= 0.3 is 5.97 Å². The van der Waals surface area contributed by atoms with E-state index in [4.69, 9.17) is 5.11 Å². The Kier molecular flexibility index (Phi) is 5.12. The normalized spacial score (nSPS) is 21.2. The van der Waals surface area contributed by atoms with Crippen LogP contribution in [0.25, 0.3) is 0 Å². The molecule has 1 fully saturated rings. The van der Waals surface area contributed by atoms with E-state index in [0.717, 1.165) is 6.42 Å². The highest BCUT2D eigenvalue weighted by Crippen LogP contribution is 2.17. The summed E-state index contributed by atoms with van der Waals surface area (Å²) in [6, 6.07) is -0.894. The molecule has 0 bridgehead atoms. The number of hydrogen-bond acceptors (Lipinski definition) is 3. The van der Waals surface area contributed by atoms with E-state index in [0.29, 0.717) is 25.9 Å². The molecule has 0 radical (unpaired) electrons. The molecule has 0 aromatic carbocycles. The van der Waals surface area contributed by atoms with Crippen molar-refractivity contribution in [1.29, 1.82) is 0 Å². The van der Waals surface area contributed by atoms with Crippen LogP contribution in [0.3, 0.4) is 0 Å². The van der Waals surface area contributed by atoms with E-state index in [2.05, 4.69) is 5.32 Å². The molecule has 102 valence electrons. The van der Waals surface area contributed by atoms with Crippen LogP contribution >= 0.6 is 0 Å². The number of carboxylic acids is 1. The lowest BCUT2D eigenvalue weighted by Gasteiger charge is -2.32. The van der Waals surface area contributed by atoms with Gasteiger partial charge in [-0.3, -0.25) is 14.4 Å². The van der Waals surface area contributed by atoms with Crippen LogP contribution < -0.4 is 5.32 Å². The van der Waals surface area contributed by atoms with Gasteiger partial charge in [-0.15, -0.1) is 0 Å². The third kappa shape index (κ3) is 3.72. The first-order valence-electron chi connectivity index (χ1n) is 6.26. The van der Waals surface area contributed by atoms with Crippen molar-refractivity contribution in [3.05, 3.63) is 0 Å². The van der Waals surface area contributed by atoms with Crippen molar-refractivity contribution in [3.63, 3.8) is 0 Å². The minimum atomic E-state index is -1.05. The monoisotopic (exact) mass is 256 g/mol. The van der Waals surface area contributed by atoms with E-state index >= 15 is 0 Å². The van der Waals surface area contributed by atoms with Crippen LogP contribution in [0.5, 0.6) is 0 Å². The minimum Gasteiger partial charge on any atom is -0.480 e. The van der Waals surface area contributed by atoms with Crippen LogP contribution in [-0.2, 0) is 14.4 Å². The van der Waals surface area contributed by atoms with Gasteiger partial charge in [0.05, 0.1) is 5.92 Å². The molecule has 2 amide bonds. The maximum Gasteiger partial charge on any atom is 0.325 e. The Morgan fingerprint density at radius 3 is 2.67 bits per heavy atom. The van der Waals surface area contributed by atoms with Gasteiger partial charge in [-0.25, -0.2) is 0 Å². The Morgan fingerprint density at radius 2 is 2.11 bits per heavy atom. The third-order valence-electron chi connectivity index (χ3n) is 3.18. The van der Waals surface area contributed by atoms with E-state index < -0.39 is 12.0 Å². The maximum atomic E-state index is 11.9. The van der Waals surface area contributed by atoms with Gasteiger partial charge in [0.1, 0.15) is 6.04 Å². The molecule has 6 heteroatoms. The van der Waals surface area contributed by atoms with E-state index in [1.807, 2.05) is 0 Å². The third-order valence-corrected chi connectivity index (χ3v) is 3.18. The molecule has 1 rings (SSSR count). The molecule has 0 unspecified atom stereocenters. The van der Waals surface area contributed by atoms with Crippen LogP contribution in [-0.4, -0.2) is 46.9 Å². The molecule has 0 aliphatic carbocycles. The summed E-state index contributed by atoms with van der Waals surface area (Å²) < 4.78 is 0. The summed E-state index contributed by atoms with van der Waals surface area (Å²) in [5.74, 6) is -1.59. The number of piperidine rings is 1. The van der Waals surface area contributed by atoms with Crippen molar-refractivity contribution in [2.75, 3.05) is 13.1 Å². The van der Waals surface area contributed by atoms with Gasteiger partial charge in [0.2, 0.25) is 11.8 Å². The van der Waals surface area contributed by atoms with E-state index in [1.165, 1.54) is 6.92 Å². The zero-order valence-electron chi connectivity index (χ0n) is 10.8. The number of rotatable bonds is 4. The number of hydrogen-bond donors (Lipinski definition) is 2. The van der Waals surface area contributed by atoms with Crippen molar-refractivity contribution < 1.29 is 19.5 Å². The quantitative estimate of drug-likeness (QED) is 0.753. The van der Waals surface area contributed by atoms with E-state index in [1.54, 1.807) is 11.8 Å². The van der Waals surface area contributed by atoms with Crippen molar-refractivity contribution in [3.8, 4) is 0 Å². The van der Waals surface area contributed by atoms with Crippen LogP contribution in [0.4, 0.5) is 0 Å². The zero-order valence-corrected chi connectivity index (χ0v) is 10.8. The van der Waals surface area contributed by atoms with Gasteiger partial charge in [0.25, 0.3) is 0 Å². The van der Waals surface area contributed by atoms with Gasteiger partial charge in [0.15, 0.2) is 0 Å². The summed E-state index contributed by atoms with van der Waals surface area (Å²) in [5, 5.41) is 11.2. The fourth-order valence-corrected chi connectivity index (χ4v) is 2.03. The standard InChI is InChI=1S/C12H20N2O4/c1-3-10(15)14-6-4-5-9(7-14)11(16)13-8(2)12(17)18/h8-9H,3-7H2,1-2H3,(H,13,16)(H,17,18)/t8-,9+/m0/s1. The van der Waals surface area contributed by atoms with Crippen molar-refractivity contribution in [2.45, 2.75) is 39.2 Å². The van der Waals surface area contributed by atoms with Gasteiger partial charge in [0, 0.05) is 19.5 Å². The zero-order chi connectivity index (χ0) is 13.7. The number of carbonyl (C=O) groups excluding carboxylic acids is 2. The summed E-state index contributed by atoms with van der Waals surface area (Å²) in [7, 11) is 0. The highest BCUT2D eigenvalue weighted by molar-refractivity contribution is 5.85. The fourth-order valence-electron chi connectivity index (χ4n) is 2.03. The smallest absolute Gasteiger partial charge is 0.325 e. The van der Waals surface area contributed by atoms with E-state index in [9.17, 15) is 14.4 Å². The predicted octanol–water partition coefficient (Wildman–Crippen LogP) is 0.224. The van der Waals surface area contributed by atoms with Crippen LogP contribution in [0.1, 0.15) is 33.1 Å². The molecule has 1 aliphatic rings. The van der Waals surface area contributed by atoms with Crippen LogP contribution in [0.2, 0.25) is 0 Å². The fraction of sp³-hybridized carbons (Fsp3) is 0.750. The summed E-state index contributed by atoms with van der Waals surface area (Å²) >= 11 is 0. The van der Waals surface area contributed by atoms with Gasteiger partial charge in [-0.05, 0) is 19.8 Å². The molecule has 6 nitrogen and oxygen atoms in total. The number of aliphatic carboxylic acids is 1. The number of nitrogens with zero attached hydrogens (tertiary/aromatic N) is 1. The van der Waals surface area contributed by atoms with Crippen LogP contribution in [0, 0.1) is 5.92 Å². The Hall–Kier alpha value is -1.59. The largest absolute Gasteiger partial charge is 0.480 e. The number of likely N-dealkylation sites (tertiary alicyclic amines) is 1. The Labute approximate surface area is 106 Å². The van der Waals surface area contributed by atoms with Crippen molar-refractivity contribution >= 4 is 17.8 Å². The molecule has 18 heavy (non-hydrogen) atoms. The lowest BCUT2D eigenvalue weighted by atomic mass is 9.96. The molecule has 1 heterocycles. The second-order valence-electron chi connectivity index (χ2n) is 4.60. The Balaban J connectivity index is 2.53. The predicted molar refractivity (Wildman–Crippen MR) is 64.8 cm³/mol. The molecule has 0 aromatic heterocycles. The topological polar surface area (TPSA) is 86.7 Å². The first-order valence-corrected chi connectivity index (χ1v) is 6.26. The second-order valence-corrected chi connectivity index (χ2v) is 4.60. The Morgan fingerprint density at radius 1 is 1.44 bits per heavy atom. The molecule has 1 aliphatic heterocycles. The molecule has 2 atom stereocenters. The molecule has 0 saturated carbocycles. The average molecular weight is 256 g/mol. The molecular formula is C12H20N2O4. The minimum absolute atomic E-state index is 0.0405. The number of carbonyl (C=O) groups is 3. The Bertz CT molecular complexity index is 343.